The molecule has 2 heterocycles. The van der Waals surface area contributed by atoms with Crippen LogP contribution in [0.3, 0.4) is 0 Å². The smallest absolute Gasteiger partial charge is 0.370 e. The third-order valence-electron chi connectivity index (χ3n) is 4.52. The maximum atomic E-state index is 12.4. The van der Waals surface area contributed by atoms with Gasteiger partial charge in [0.25, 0.3) is 0 Å². The number of carbonyl (C=O) groups is 3. The molecule has 2 aliphatic heterocycles. The molecule has 6 atom stereocenters. The SMILES string of the molecule is CC(=O)N[C@H]1[C@H]([C@H](O)[C@H](O)CO)OC(C(=O)O)=C[C@@H]1NC(=O)[C@@H]1CCCN1. The standard InChI is InChI=1S/C16H25N3O8/c1-7(21)18-12-9(19-15(24)8-3-2-4-17-8)5-11(16(25)26)27-14(12)13(23)10(22)6-20/h5,8-10,12-14,17,20,22-23H,2-4,6H2,1H3,(H,18,21)(H,19,24)(H,25,26)/t8-,9-,10+,12+,13+,14+/m0/s1. The van der Waals surface area contributed by atoms with Gasteiger partial charge in [-0.25, -0.2) is 4.79 Å². The Hall–Kier alpha value is -2.21. The van der Waals surface area contributed by atoms with Crippen LogP contribution in [-0.2, 0) is 19.1 Å². The summed E-state index contributed by atoms with van der Waals surface area (Å²) in [6, 6.07) is -2.51. The molecule has 11 heteroatoms. The zero-order valence-corrected chi connectivity index (χ0v) is 14.8. The van der Waals surface area contributed by atoms with Crippen LogP contribution in [0.5, 0.6) is 0 Å². The van der Waals surface area contributed by atoms with E-state index in [1.165, 1.54) is 6.92 Å². The summed E-state index contributed by atoms with van der Waals surface area (Å²) in [7, 11) is 0. The predicted molar refractivity (Wildman–Crippen MR) is 90.3 cm³/mol. The van der Waals surface area contributed by atoms with Crippen LogP contribution in [0.1, 0.15) is 19.8 Å². The summed E-state index contributed by atoms with van der Waals surface area (Å²) in [5.74, 6) is -2.88. The second-order valence-electron chi connectivity index (χ2n) is 6.57. The summed E-state index contributed by atoms with van der Waals surface area (Å²) in [4.78, 5) is 35.4. The van der Waals surface area contributed by atoms with Gasteiger partial charge in [0.2, 0.25) is 17.6 Å². The van der Waals surface area contributed by atoms with Gasteiger partial charge in [0.1, 0.15) is 18.3 Å². The van der Waals surface area contributed by atoms with Crippen molar-refractivity contribution in [3.8, 4) is 0 Å². The fourth-order valence-corrected chi connectivity index (χ4v) is 3.17. The van der Waals surface area contributed by atoms with Crippen molar-refractivity contribution < 1.29 is 39.5 Å². The maximum absolute atomic E-state index is 12.4. The van der Waals surface area contributed by atoms with Crippen molar-refractivity contribution in [1.29, 1.82) is 0 Å². The van der Waals surface area contributed by atoms with Gasteiger partial charge in [0, 0.05) is 6.92 Å². The Bertz CT molecular complexity index is 604. The molecule has 1 saturated heterocycles. The molecule has 0 aromatic heterocycles. The molecule has 0 aromatic carbocycles. The Morgan fingerprint density at radius 3 is 2.56 bits per heavy atom. The lowest BCUT2D eigenvalue weighted by Crippen LogP contribution is -2.64. The van der Waals surface area contributed by atoms with Gasteiger partial charge in [-0.05, 0) is 25.5 Å². The van der Waals surface area contributed by atoms with Crippen LogP contribution in [0.25, 0.3) is 0 Å². The van der Waals surface area contributed by atoms with Crippen LogP contribution in [0, 0.1) is 0 Å². The second-order valence-corrected chi connectivity index (χ2v) is 6.57. The first-order chi connectivity index (χ1) is 12.7. The number of aliphatic hydroxyl groups excluding tert-OH is 3. The van der Waals surface area contributed by atoms with Gasteiger partial charge in [0.05, 0.1) is 24.7 Å². The molecule has 2 amide bonds. The lowest BCUT2D eigenvalue weighted by Gasteiger charge is -2.40. The molecule has 11 nitrogen and oxygen atoms in total. The highest BCUT2D eigenvalue weighted by Gasteiger charge is 2.44. The van der Waals surface area contributed by atoms with Crippen molar-refractivity contribution in [3.05, 3.63) is 11.8 Å². The molecular weight excluding hydrogens is 362 g/mol. The molecule has 152 valence electrons. The van der Waals surface area contributed by atoms with Gasteiger partial charge >= 0.3 is 5.97 Å². The number of aliphatic hydroxyl groups is 3. The van der Waals surface area contributed by atoms with E-state index in [1.54, 1.807) is 0 Å². The minimum atomic E-state index is -1.71. The normalized spacial score (nSPS) is 29.9. The second kappa shape index (κ2) is 9.13. The zero-order chi connectivity index (χ0) is 20.1. The van der Waals surface area contributed by atoms with Crippen LogP contribution in [0.4, 0.5) is 0 Å². The molecule has 27 heavy (non-hydrogen) atoms. The van der Waals surface area contributed by atoms with Crippen molar-refractivity contribution in [1.82, 2.24) is 16.0 Å². The summed E-state index contributed by atoms with van der Waals surface area (Å²) in [5, 5.41) is 46.5. The number of hydrogen-bond acceptors (Lipinski definition) is 8. The molecule has 7 N–H and O–H groups in total. The van der Waals surface area contributed by atoms with E-state index < -0.39 is 60.7 Å². The number of hydrogen-bond donors (Lipinski definition) is 7. The van der Waals surface area contributed by atoms with Gasteiger partial charge in [0.15, 0.2) is 0 Å². The maximum Gasteiger partial charge on any atom is 0.370 e. The Morgan fingerprint density at radius 2 is 2.04 bits per heavy atom. The van der Waals surface area contributed by atoms with Crippen LogP contribution < -0.4 is 16.0 Å². The molecule has 1 fully saturated rings. The van der Waals surface area contributed by atoms with Crippen molar-refractivity contribution >= 4 is 17.8 Å². The van der Waals surface area contributed by atoms with E-state index in [0.717, 1.165) is 12.5 Å². The lowest BCUT2D eigenvalue weighted by molar-refractivity contribution is -0.147. The summed E-state index contributed by atoms with van der Waals surface area (Å²) in [6.45, 7) is 1.09. The Labute approximate surface area is 155 Å². The number of aliphatic carboxylic acids is 1. The van der Waals surface area contributed by atoms with Crippen LogP contribution in [-0.4, -0.2) is 87.8 Å². The average molecular weight is 387 g/mol. The molecule has 0 spiro atoms. The van der Waals surface area contributed by atoms with Crippen LogP contribution in [0.15, 0.2) is 11.8 Å². The number of amides is 2. The molecule has 0 aromatic rings. The first kappa shape index (κ1) is 21.1. The Balaban J connectivity index is 2.31. The minimum absolute atomic E-state index is 0.383. The fourth-order valence-electron chi connectivity index (χ4n) is 3.17. The van der Waals surface area contributed by atoms with E-state index in [4.69, 9.17) is 9.84 Å². The molecule has 0 saturated carbocycles. The zero-order valence-electron chi connectivity index (χ0n) is 14.8. The third kappa shape index (κ3) is 5.16. The first-order valence-corrected chi connectivity index (χ1v) is 8.64. The van der Waals surface area contributed by atoms with Crippen LogP contribution in [0.2, 0.25) is 0 Å². The summed E-state index contributed by atoms with van der Waals surface area (Å²) in [5.41, 5.74) is 0. The monoisotopic (exact) mass is 387 g/mol. The van der Waals surface area contributed by atoms with Gasteiger partial charge < -0.3 is 41.1 Å². The van der Waals surface area contributed by atoms with E-state index in [1.807, 2.05) is 0 Å². The molecule has 2 rings (SSSR count). The molecule has 0 aliphatic carbocycles. The van der Waals surface area contributed by atoms with Crippen molar-refractivity contribution in [2.75, 3.05) is 13.2 Å². The average Bonchev–Trinajstić information content (AvgIpc) is 3.15. The summed E-state index contributed by atoms with van der Waals surface area (Å²) >= 11 is 0. The third-order valence-corrected chi connectivity index (χ3v) is 4.52. The molecule has 0 unspecified atom stereocenters. The highest BCUT2D eigenvalue weighted by Crippen LogP contribution is 2.23. The topological polar surface area (TPSA) is 177 Å². The highest BCUT2D eigenvalue weighted by atomic mass is 16.5. The van der Waals surface area contributed by atoms with E-state index in [9.17, 15) is 29.7 Å². The van der Waals surface area contributed by atoms with E-state index in [0.29, 0.717) is 13.0 Å². The number of nitrogens with one attached hydrogen (secondary N) is 3. The van der Waals surface area contributed by atoms with Crippen molar-refractivity contribution in [2.45, 2.75) is 56.2 Å². The largest absolute Gasteiger partial charge is 0.478 e. The quantitative estimate of drug-likeness (QED) is 0.237. The van der Waals surface area contributed by atoms with Gasteiger partial charge in [-0.15, -0.1) is 0 Å². The van der Waals surface area contributed by atoms with E-state index >= 15 is 0 Å². The number of rotatable bonds is 7. The minimum Gasteiger partial charge on any atom is -0.478 e. The van der Waals surface area contributed by atoms with Gasteiger partial charge in [-0.1, -0.05) is 0 Å². The Kier molecular flexibility index (Phi) is 7.13. The summed E-state index contributed by atoms with van der Waals surface area (Å²) in [6.07, 6.45) is -2.18. The molecular formula is C16H25N3O8. The number of carboxylic acids is 1. The molecule has 0 radical (unpaired) electrons. The number of ether oxygens (including phenoxy) is 1. The highest BCUT2D eigenvalue weighted by molar-refractivity contribution is 5.86. The van der Waals surface area contributed by atoms with Crippen LogP contribution >= 0.6 is 0 Å². The summed E-state index contributed by atoms with van der Waals surface area (Å²) < 4.78 is 5.24. The van der Waals surface area contributed by atoms with E-state index in [2.05, 4.69) is 16.0 Å². The van der Waals surface area contributed by atoms with Crippen molar-refractivity contribution in [2.24, 2.45) is 0 Å². The number of carboxylic acid groups (broad SMARTS) is 1. The molecule has 2 aliphatic rings. The van der Waals surface area contributed by atoms with Gasteiger partial charge in [-0.3, -0.25) is 9.59 Å². The van der Waals surface area contributed by atoms with E-state index in [-0.39, 0.29) is 5.91 Å². The lowest BCUT2D eigenvalue weighted by atomic mass is 9.91. The first-order valence-electron chi connectivity index (χ1n) is 8.64. The Morgan fingerprint density at radius 1 is 1.33 bits per heavy atom. The molecule has 0 bridgehead atoms. The predicted octanol–water partition coefficient (Wildman–Crippen LogP) is -3.19. The van der Waals surface area contributed by atoms with Crippen molar-refractivity contribution in [3.63, 3.8) is 0 Å². The number of carbonyl (C=O) groups excluding carboxylic acids is 2. The van der Waals surface area contributed by atoms with Gasteiger partial charge in [-0.2, -0.15) is 0 Å². The fraction of sp³-hybridized carbons (Fsp3) is 0.688.